The molecule has 0 amide bonds. The van der Waals surface area contributed by atoms with E-state index in [4.69, 9.17) is 9.47 Å². The van der Waals surface area contributed by atoms with E-state index >= 15 is 0 Å². The highest BCUT2D eigenvalue weighted by Crippen LogP contribution is 2.26. The van der Waals surface area contributed by atoms with Crippen LogP contribution in [0.25, 0.3) is 0 Å². The first-order chi connectivity index (χ1) is 14.7. The van der Waals surface area contributed by atoms with Crippen molar-refractivity contribution in [3.63, 3.8) is 0 Å². The van der Waals surface area contributed by atoms with Crippen LogP contribution < -0.4 is 15.1 Å². The fraction of sp³-hybridized carbons (Fsp3) is 0.476. The maximum Gasteiger partial charge on any atom is 0.337 e. The van der Waals surface area contributed by atoms with E-state index in [1.807, 2.05) is 30.3 Å². The van der Waals surface area contributed by atoms with E-state index in [1.54, 1.807) is 0 Å². The molecule has 1 aromatic carbocycles. The molecule has 2 aliphatic rings. The summed E-state index contributed by atoms with van der Waals surface area (Å²) in [5, 5.41) is 10.5. The van der Waals surface area contributed by atoms with Gasteiger partial charge in [-0.1, -0.05) is 31.5 Å². The predicted octanol–water partition coefficient (Wildman–Crippen LogP) is 2.17. The van der Waals surface area contributed by atoms with E-state index in [2.05, 4.69) is 37.2 Å². The first-order valence-electron chi connectivity index (χ1n) is 10.5. The Kier molecular flexibility index (Phi) is 6.48. The minimum absolute atomic E-state index is 0.280. The minimum atomic E-state index is -0.280. The number of carbonyl (C=O) groups excluding carboxylic acids is 1. The molecular weight excluding hydrogens is 384 g/mol. The molecule has 2 aromatic rings. The summed E-state index contributed by atoms with van der Waals surface area (Å²) < 4.78 is 10.9. The van der Waals surface area contributed by atoms with Crippen LogP contribution in [0.2, 0.25) is 0 Å². The van der Waals surface area contributed by atoms with Gasteiger partial charge in [0.25, 0.3) is 0 Å². The number of hydrogen-bond donors (Lipinski definition) is 2. The Labute approximate surface area is 176 Å². The van der Waals surface area contributed by atoms with Gasteiger partial charge in [-0.15, -0.1) is 5.10 Å². The molecule has 1 aromatic heterocycles. The second-order valence-electron chi connectivity index (χ2n) is 7.35. The zero-order chi connectivity index (χ0) is 20.8. The van der Waals surface area contributed by atoms with Crippen molar-refractivity contribution in [2.24, 2.45) is 0 Å². The summed E-state index contributed by atoms with van der Waals surface area (Å²) in [6.45, 7) is 6.42. The SMILES string of the molecule is CCCCOC(=O)C1=C(Nc2nc(N3CCOCC3)n[nH]2)CN(c2ccccc2)C1. The Morgan fingerprint density at radius 3 is 2.77 bits per heavy atom. The average Bonchev–Trinajstić information content (AvgIpc) is 3.43. The lowest BCUT2D eigenvalue weighted by molar-refractivity contribution is -0.139. The molecule has 30 heavy (non-hydrogen) atoms. The normalized spacial score (nSPS) is 16.8. The molecule has 0 aliphatic carbocycles. The Morgan fingerprint density at radius 2 is 2.00 bits per heavy atom. The van der Waals surface area contributed by atoms with Gasteiger partial charge >= 0.3 is 5.97 Å². The highest BCUT2D eigenvalue weighted by Gasteiger charge is 2.29. The lowest BCUT2D eigenvalue weighted by atomic mass is 10.2. The molecule has 0 atom stereocenters. The molecule has 4 rings (SSSR count). The molecule has 0 bridgehead atoms. The average molecular weight is 412 g/mol. The number of para-hydroxylation sites is 1. The Morgan fingerprint density at radius 1 is 1.20 bits per heavy atom. The molecule has 3 heterocycles. The standard InChI is InChI=1S/C21H28N6O3/c1-2-3-11-30-19(28)17-14-27(16-7-5-4-6-8-16)15-18(17)22-20-23-21(25-24-20)26-9-12-29-13-10-26/h4-8H,2-3,9-15H2,1H3,(H2,22,23,24,25). The number of rotatable bonds is 8. The molecule has 2 N–H and O–H groups in total. The first-order valence-corrected chi connectivity index (χ1v) is 10.5. The predicted molar refractivity (Wildman–Crippen MR) is 115 cm³/mol. The molecule has 0 spiro atoms. The number of ether oxygens (including phenoxy) is 2. The lowest BCUT2D eigenvalue weighted by Gasteiger charge is -2.25. The van der Waals surface area contributed by atoms with Crippen molar-refractivity contribution < 1.29 is 14.3 Å². The number of H-pyrrole nitrogens is 1. The molecule has 1 saturated heterocycles. The van der Waals surface area contributed by atoms with Gasteiger partial charge in [-0.2, -0.15) is 4.98 Å². The molecule has 0 saturated carbocycles. The third kappa shape index (κ3) is 4.73. The second kappa shape index (κ2) is 9.62. The summed E-state index contributed by atoms with van der Waals surface area (Å²) in [6, 6.07) is 10.0. The van der Waals surface area contributed by atoms with Gasteiger partial charge in [0.15, 0.2) is 0 Å². The molecule has 9 heteroatoms. The quantitative estimate of drug-likeness (QED) is 0.503. The van der Waals surface area contributed by atoms with Crippen molar-refractivity contribution in [2.75, 3.05) is 61.1 Å². The van der Waals surface area contributed by atoms with Gasteiger partial charge < -0.3 is 24.6 Å². The number of carbonyl (C=O) groups is 1. The molecule has 0 unspecified atom stereocenters. The van der Waals surface area contributed by atoms with Crippen LogP contribution in [0, 0.1) is 0 Å². The number of morpholine rings is 1. The first kappa shape index (κ1) is 20.2. The highest BCUT2D eigenvalue weighted by molar-refractivity contribution is 5.92. The summed E-state index contributed by atoms with van der Waals surface area (Å²) in [4.78, 5) is 21.5. The smallest absolute Gasteiger partial charge is 0.337 e. The number of esters is 1. The molecule has 0 radical (unpaired) electrons. The molecule has 160 valence electrons. The van der Waals surface area contributed by atoms with Crippen molar-refractivity contribution in [1.29, 1.82) is 0 Å². The number of aromatic nitrogens is 3. The van der Waals surface area contributed by atoms with E-state index in [-0.39, 0.29) is 5.97 Å². The number of nitrogens with one attached hydrogen (secondary N) is 2. The van der Waals surface area contributed by atoms with Crippen LogP contribution in [0.15, 0.2) is 41.6 Å². The topological polar surface area (TPSA) is 95.6 Å². The van der Waals surface area contributed by atoms with Gasteiger partial charge in [-0.05, 0) is 18.6 Å². The monoisotopic (exact) mass is 412 g/mol. The number of aromatic amines is 1. The van der Waals surface area contributed by atoms with Crippen molar-refractivity contribution in [3.8, 4) is 0 Å². The highest BCUT2D eigenvalue weighted by atomic mass is 16.5. The summed E-state index contributed by atoms with van der Waals surface area (Å²) >= 11 is 0. The Hall–Kier alpha value is -3.07. The number of nitrogens with zero attached hydrogens (tertiary/aromatic N) is 4. The fourth-order valence-corrected chi connectivity index (χ4v) is 3.51. The second-order valence-corrected chi connectivity index (χ2v) is 7.35. The summed E-state index contributed by atoms with van der Waals surface area (Å²) in [5.74, 6) is 0.865. The van der Waals surface area contributed by atoms with Crippen LogP contribution in [0.4, 0.5) is 17.6 Å². The van der Waals surface area contributed by atoms with Crippen LogP contribution in [0.5, 0.6) is 0 Å². The minimum Gasteiger partial charge on any atom is -0.462 e. The largest absolute Gasteiger partial charge is 0.462 e. The third-order valence-corrected chi connectivity index (χ3v) is 5.20. The number of benzene rings is 1. The Balaban J connectivity index is 1.49. The Bertz CT molecular complexity index is 876. The molecular formula is C21H28N6O3. The van der Waals surface area contributed by atoms with E-state index in [9.17, 15) is 4.79 Å². The zero-order valence-corrected chi connectivity index (χ0v) is 17.3. The van der Waals surface area contributed by atoms with E-state index < -0.39 is 0 Å². The molecule has 2 aliphatic heterocycles. The third-order valence-electron chi connectivity index (χ3n) is 5.20. The summed E-state index contributed by atoms with van der Waals surface area (Å²) in [5.41, 5.74) is 2.46. The van der Waals surface area contributed by atoms with Crippen LogP contribution in [-0.4, -0.2) is 67.2 Å². The number of hydrogen-bond acceptors (Lipinski definition) is 8. The summed E-state index contributed by atoms with van der Waals surface area (Å²) in [7, 11) is 0. The lowest BCUT2D eigenvalue weighted by Crippen LogP contribution is -2.36. The zero-order valence-electron chi connectivity index (χ0n) is 17.3. The number of anilines is 3. The van der Waals surface area contributed by atoms with Gasteiger partial charge in [-0.3, -0.25) is 0 Å². The van der Waals surface area contributed by atoms with Crippen LogP contribution in [0.3, 0.4) is 0 Å². The van der Waals surface area contributed by atoms with Gasteiger partial charge in [0.2, 0.25) is 11.9 Å². The van der Waals surface area contributed by atoms with Gasteiger partial charge in [0.1, 0.15) is 0 Å². The summed E-state index contributed by atoms with van der Waals surface area (Å²) in [6.07, 6.45) is 1.84. The van der Waals surface area contributed by atoms with E-state index in [0.717, 1.165) is 37.3 Å². The number of unbranched alkanes of at least 4 members (excludes halogenated alkanes) is 1. The van der Waals surface area contributed by atoms with Crippen molar-refractivity contribution in [3.05, 3.63) is 41.6 Å². The van der Waals surface area contributed by atoms with Crippen LogP contribution >= 0.6 is 0 Å². The van der Waals surface area contributed by atoms with E-state index in [1.165, 1.54) is 0 Å². The van der Waals surface area contributed by atoms with E-state index in [0.29, 0.717) is 50.4 Å². The van der Waals surface area contributed by atoms with Gasteiger partial charge in [0, 0.05) is 24.5 Å². The molecule has 9 nitrogen and oxygen atoms in total. The van der Waals surface area contributed by atoms with Crippen molar-refractivity contribution in [2.45, 2.75) is 19.8 Å². The van der Waals surface area contributed by atoms with Gasteiger partial charge in [0.05, 0.1) is 38.5 Å². The van der Waals surface area contributed by atoms with Crippen molar-refractivity contribution >= 4 is 23.6 Å². The van der Waals surface area contributed by atoms with Crippen molar-refractivity contribution in [1.82, 2.24) is 15.2 Å². The molecule has 1 fully saturated rings. The fourth-order valence-electron chi connectivity index (χ4n) is 3.51. The maximum atomic E-state index is 12.7. The van der Waals surface area contributed by atoms with Gasteiger partial charge in [-0.25, -0.2) is 9.89 Å². The van der Waals surface area contributed by atoms with Crippen LogP contribution in [-0.2, 0) is 14.3 Å². The maximum absolute atomic E-state index is 12.7. The van der Waals surface area contributed by atoms with Crippen LogP contribution in [0.1, 0.15) is 19.8 Å².